The van der Waals surface area contributed by atoms with Crippen LogP contribution in [0.3, 0.4) is 0 Å². The summed E-state index contributed by atoms with van der Waals surface area (Å²) in [4.78, 5) is 23.8. The summed E-state index contributed by atoms with van der Waals surface area (Å²) in [7, 11) is 1.74. The van der Waals surface area contributed by atoms with Crippen molar-refractivity contribution in [3.63, 3.8) is 0 Å². The smallest absolute Gasteiger partial charge is 0.335 e. The molecule has 0 spiro atoms. The molecule has 3 aromatic carbocycles. The lowest BCUT2D eigenvalue weighted by atomic mass is 9.86. The van der Waals surface area contributed by atoms with Crippen LogP contribution in [0.4, 0.5) is 0 Å². The predicted molar refractivity (Wildman–Crippen MR) is 142 cm³/mol. The molecule has 0 saturated carbocycles. The lowest BCUT2D eigenvalue weighted by Crippen LogP contribution is -2.21. The minimum absolute atomic E-state index is 0.00250. The number of benzene rings is 3. The van der Waals surface area contributed by atoms with Gasteiger partial charge in [0.25, 0.3) is 5.91 Å². The van der Waals surface area contributed by atoms with Crippen LogP contribution in [-0.2, 0) is 12.5 Å². The molecule has 4 aromatic rings. The molecular weight excluding hydrogens is 468 g/mol. The fraction of sp³-hybridized carbons (Fsp3) is 0.172. The van der Waals surface area contributed by atoms with E-state index in [2.05, 4.69) is 36.4 Å². The summed E-state index contributed by atoms with van der Waals surface area (Å²) in [6.45, 7) is 6.41. The van der Waals surface area contributed by atoms with E-state index in [0.29, 0.717) is 11.3 Å². The Balaban J connectivity index is 1.71. The van der Waals surface area contributed by atoms with Crippen LogP contribution >= 0.6 is 0 Å². The molecule has 1 amide bonds. The average Bonchev–Trinajstić information content (AvgIpc) is 3.17. The highest BCUT2D eigenvalue weighted by Gasteiger charge is 2.23. The molecule has 0 radical (unpaired) electrons. The van der Waals surface area contributed by atoms with Crippen molar-refractivity contribution in [2.45, 2.75) is 26.2 Å². The summed E-state index contributed by atoms with van der Waals surface area (Å²) in [6.07, 6.45) is 0. The van der Waals surface area contributed by atoms with Crippen LogP contribution < -0.4 is 5.43 Å². The quantitative estimate of drug-likeness (QED) is 0.257. The molecule has 1 heterocycles. The molecule has 0 aliphatic carbocycles. The highest BCUT2D eigenvalue weighted by atomic mass is 16.4. The number of carbonyl (C=O) groups is 2. The molecule has 4 rings (SSSR count). The molecule has 0 aliphatic heterocycles. The van der Waals surface area contributed by atoms with Crippen LogP contribution in [0.2, 0.25) is 0 Å². The fourth-order valence-electron chi connectivity index (χ4n) is 3.91. The maximum absolute atomic E-state index is 12.7. The number of hydrazone groups is 1. The van der Waals surface area contributed by atoms with Crippen LogP contribution in [0, 0.1) is 0 Å². The van der Waals surface area contributed by atoms with E-state index < -0.39 is 11.9 Å². The van der Waals surface area contributed by atoms with Crippen LogP contribution in [0.1, 0.15) is 58.3 Å². The summed E-state index contributed by atoms with van der Waals surface area (Å²) >= 11 is 0. The zero-order valence-corrected chi connectivity index (χ0v) is 21.1. The first-order valence-electron chi connectivity index (χ1n) is 11.7. The Morgan fingerprint density at radius 1 is 0.865 bits per heavy atom. The van der Waals surface area contributed by atoms with Crippen molar-refractivity contribution >= 4 is 17.6 Å². The number of aromatic nitrogens is 2. The number of aromatic carboxylic acids is 1. The van der Waals surface area contributed by atoms with E-state index in [1.807, 2.05) is 42.5 Å². The van der Waals surface area contributed by atoms with Crippen molar-refractivity contribution in [1.82, 2.24) is 15.2 Å². The molecule has 37 heavy (non-hydrogen) atoms. The van der Waals surface area contributed by atoms with Gasteiger partial charge < -0.3 is 10.2 Å². The first kappa shape index (κ1) is 25.4. The maximum Gasteiger partial charge on any atom is 0.335 e. The summed E-state index contributed by atoms with van der Waals surface area (Å²) in [6, 6.07) is 22.6. The molecule has 0 fully saturated rings. The highest BCUT2D eigenvalue weighted by Crippen LogP contribution is 2.34. The van der Waals surface area contributed by atoms with Gasteiger partial charge in [0, 0.05) is 23.7 Å². The SMILES string of the molecule is Cn1nc(C(=NNC(=O)c2ccc(C(=O)O)cc2)c2ccccc2)c(O)c1-c1ccc(C(C)(C)C)cc1. The molecule has 3 N–H and O–H groups in total. The van der Waals surface area contributed by atoms with Gasteiger partial charge >= 0.3 is 5.97 Å². The van der Waals surface area contributed by atoms with Gasteiger partial charge in [0.15, 0.2) is 11.4 Å². The summed E-state index contributed by atoms with van der Waals surface area (Å²) in [5.74, 6) is -1.67. The van der Waals surface area contributed by atoms with E-state index in [1.165, 1.54) is 29.8 Å². The summed E-state index contributed by atoms with van der Waals surface area (Å²) in [5.41, 5.74) is 6.44. The number of aromatic hydroxyl groups is 1. The zero-order valence-electron chi connectivity index (χ0n) is 21.1. The third-order valence-corrected chi connectivity index (χ3v) is 5.98. The molecule has 188 valence electrons. The van der Waals surface area contributed by atoms with E-state index >= 15 is 0 Å². The minimum Gasteiger partial charge on any atom is -0.504 e. The standard InChI is InChI=1S/C29H28N4O4/c1-29(2,3)22-16-14-19(15-17-22)25-26(34)24(32-33(25)4)23(18-8-6-5-7-9-18)30-31-27(35)20-10-12-21(13-11-20)28(36)37/h5-17,34H,1-4H3,(H,31,35)(H,36,37). The number of carboxylic acids is 1. The summed E-state index contributed by atoms with van der Waals surface area (Å²) in [5, 5.41) is 29.2. The largest absolute Gasteiger partial charge is 0.504 e. The molecular formula is C29H28N4O4. The fourth-order valence-corrected chi connectivity index (χ4v) is 3.91. The Kier molecular flexibility index (Phi) is 6.93. The van der Waals surface area contributed by atoms with Crippen molar-refractivity contribution in [2.75, 3.05) is 0 Å². The van der Waals surface area contributed by atoms with Gasteiger partial charge in [-0.2, -0.15) is 10.2 Å². The van der Waals surface area contributed by atoms with Crippen molar-refractivity contribution in [2.24, 2.45) is 12.1 Å². The number of amides is 1. The highest BCUT2D eigenvalue weighted by molar-refractivity contribution is 6.14. The lowest BCUT2D eigenvalue weighted by molar-refractivity contribution is 0.0696. The Bertz CT molecular complexity index is 1460. The second-order valence-electron chi connectivity index (χ2n) is 9.65. The normalized spacial score (nSPS) is 11.8. The Labute approximate surface area is 214 Å². The third-order valence-electron chi connectivity index (χ3n) is 5.98. The van der Waals surface area contributed by atoms with Crippen molar-refractivity contribution in [3.8, 4) is 17.0 Å². The van der Waals surface area contributed by atoms with E-state index in [9.17, 15) is 14.7 Å². The lowest BCUT2D eigenvalue weighted by Gasteiger charge is -2.19. The maximum atomic E-state index is 12.7. The van der Waals surface area contributed by atoms with Crippen molar-refractivity contribution in [3.05, 3.63) is 107 Å². The molecule has 0 saturated heterocycles. The Hall–Kier alpha value is -4.72. The first-order chi connectivity index (χ1) is 17.6. The summed E-state index contributed by atoms with van der Waals surface area (Å²) < 4.78 is 1.58. The number of nitrogens with zero attached hydrogens (tertiary/aromatic N) is 3. The molecule has 0 atom stereocenters. The zero-order chi connectivity index (χ0) is 26.7. The molecule has 8 heteroatoms. The van der Waals surface area contributed by atoms with Gasteiger partial charge in [-0.1, -0.05) is 75.4 Å². The minimum atomic E-state index is -1.08. The number of carboxylic acid groups (broad SMARTS) is 1. The van der Waals surface area contributed by atoms with Crippen LogP contribution in [0.15, 0.2) is 84.0 Å². The van der Waals surface area contributed by atoms with Gasteiger partial charge in [-0.25, -0.2) is 10.2 Å². The van der Waals surface area contributed by atoms with E-state index in [1.54, 1.807) is 23.9 Å². The van der Waals surface area contributed by atoms with Gasteiger partial charge in [0.05, 0.1) is 5.56 Å². The van der Waals surface area contributed by atoms with Crippen LogP contribution in [0.5, 0.6) is 5.75 Å². The number of rotatable bonds is 6. The molecule has 0 bridgehead atoms. The van der Waals surface area contributed by atoms with E-state index in [-0.39, 0.29) is 33.7 Å². The number of hydrogen-bond donors (Lipinski definition) is 3. The third kappa shape index (κ3) is 5.43. The van der Waals surface area contributed by atoms with Crippen molar-refractivity contribution < 1.29 is 19.8 Å². The monoisotopic (exact) mass is 496 g/mol. The number of nitrogens with one attached hydrogen (secondary N) is 1. The number of carbonyl (C=O) groups excluding carboxylic acids is 1. The van der Waals surface area contributed by atoms with Crippen LogP contribution in [-0.4, -0.2) is 37.6 Å². The van der Waals surface area contributed by atoms with Crippen molar-refractivity contribution in [1.29, 1.82) is 0 Å². The number of hydrogen-bond acceptors (Lipinski definition) is 5. The van der Waals surface area contributed by atoms with E-state index in [4.69, 9.17) is 5.11 Å². The Morgan fingerprint density at radius 3 is 2.03 bits per heavy atom. The molecule has 1 aromatic heterocycles. The second kappa shape index (κ2) is 10.1. The second-order valence-corrected chi connectivity index (χ2v) is 9.65. The van der Waals surface area contributed by atoms with Gasteiger partial charge in [0.2, 0.25) is 0 Å². The van der Waals surface area contributed by atoms with E-state index in [0.717, 1.165) is 5.56 Å². The average molecular weight is 497 g/mol. The first-order valence-corrected chi connectivity index (χ1v) is 11.7. The molecule has 8 nitrogen and oxygen atoms in total. The van der Waals surface area contributed by atoms with Crippen LogP contribution in [0.25, 0.3) is 11.3 Å². The van der Waals surface area contributed by atoms with Gasteiger partial charge in [-0.3, -0.25) is 9.48 Å². The topological polar surface area (TPSA) is 117 Å². The van der Waals surface area contributed by atoms with Gasteiger partial charge in [0.1, 0.15) is 11.4 Å². The van der Waals surface area contributed by atoms with Gasteiger partial charge in [-0.15, -0.1) is 0 Å². The number of aryl methyl sites for hydroxylation is 1. The molecule has 0 unspecified atom stereocenters. The molecule has 0 aliphatic rings. The van der Waals surface area contributed by atoms with Gasteiger partial charge in [-0.05, 0) is 35.2 Å². The predicted octanol–water partition coefficient (Wildman–Crippen LogP) is 4.97. The Morgan fingerprint density at radius 2 is 1.46 bits per heavy atom.